The number of piperidine rings is 1. The highest BCUT2D eigenvalue weighted by Gasteiger charge is 2.26. The summed E-state index contributed by atoms with van der Waals surface area (Å²) >= 11 is 0. The third-order valence-corrected chi connectivity index (χ3v) is 3.76. The van der Waals surface area contributed by atoms with Crippen LogP contribution in [0, 0.1) is 5.92 Å². The molecule has 1 aliphatic heterocycles. The number of likely N-dealkylation sites (tertiary alicyclic amines) is 1. The molecule has 1 aliphatic rings. The second-order valence-electron chi connectivity index (χ2n) is 5.16. The minimum Gasteiger partial charge on any atom is -0.504 e. The maximum absolute atomic E-state index is 12.2. The summed E-state index contributed by atoms with van der Waals surface area (Å²) in [5.41, 5.74) is 0.587. The molecule has 0 saturated carbocycles. The van der Waals surface area contributed by atoms with Crippen molar-refractivity contribution in [2.45, 2.75) is 19.8 Å². The van der Waals surface area contributed by atoms with Gasteiger partial charge in [0.25, 0.3) is 0 Å². The number of carbonyl (C=O) groups excluding carboxylic acids is 2. The topological polar surface area (TPSA) is 78.9 Å². The Morgan fingerprint density at radius 3 is 2.57 bits per heavy atom. The van der Waals surface area contributed by atoms with E-state index in [4.69, 9.17) is 4.74 Å². The predicted octanol–water partition coefficient (Wildman–Crippen LogP) is 1.60. The molecular weight excluding hydrogens is 272 g/mol. The van der Waals surface area contributed by atoms with Crippen LogP contribution in [0.1, 0.15) is 19.8 Å². The summed E-state index contributed by atoms with van der Waals surface area (Å²) in [6.45, 7) is 2.78. The van der Waals surface area contributed by atoms with Crippen LogP contribution in [0.15, 0.2) is 18.2 Å². The number of hydrogen-bond donors (Lipinski definition) is 2. The molecule has 1 aromatic carbocycles. The molecule has 2 rings (SSSR count). The second-order valence-corrected chi connectivity index (χ2v) is 5.16. The van der Waals surface area contributed by atoms with Crippen LogP contribution in [0.5, 0.6) is 11.5 Å². The highest BCUT2D eigenvalue weighted by molar-refractivity contribution is 5.93. The molecule has 1 saturated heterocycles. The van der Waals surface area contributed by atoms with Crippen LogP contribution >= 0.6 is 0 Å². The lowest BCUT2D eigenvalue weighted by molar-refractivity contribution is -0.132. The van der Waals surface area contributed by atoms with Gasteiger partial charge in [0.1, 0.15) is 0 Å². The zero-order chi connectivity index (χ0) is 15.4. The maximum atomic E-state index is 12.2. The maximum Gasteiger partial charge on any atom is 0.227 e. The zero-order valence-corrected chi connectivity index (χ0v) is 12.3. The Balaban J connectivity index is 1.95. The summed E-state index contributed by atoms with van der Waals surface area (Å²) in [5.74, 6) is 0.243. The van der Waals surface area contributed by atoms with E-state index in [9.17, 15) is 14.7 Å². The van der Waals surface area contributed by atoms with Gasteiger partial charge in [0.05, 0.1) is 7.11 Å². The molecule has 6 heteroatoms. The lowest BCUT2D eigenvalue weighted by Gasteiger charge is -2.30. The van der Waals surface area contributed by atoms with Gasteiger partial charge in [0.15, 0.2) is 11.5 Å². The number of nitrogens with one attached hydrogen (secondary N) is 1. The average Bonchev–Trinajstić information content (AvgIpc) is 2.49. The Hall–Kier alpha value is -2.24. The van der Waals surface area contributed by atoms with Gasteiger partial charge >= 0.3 is 0 Å². The number of phenolic OH excluding ortho intramolecular Hbond substituents is 1. The Bertz CT molecular complexity index is 536. The quantitative estimate of drug-likeness (QED) is 0.829. The van der Waals surface area contributed by atoms with Crippen LogP contribution in [0.25, 0.3) is 0 Å². The van der Waals surface area contributed by atoms with Crippen molar-refractivity contribution in [3.63, 3.8) is 0 Å². The first-order valence-corrected chi connectivity index (χ1v) is 6.94. The minimum atomic E-state index is -0.0969. The number of nitrogens with zero attached hydrogens (tertiary/aromatic N) is 1. The fraction of sp³-hybridized carbons (Fsp3) is 0.467. The van der Waals surface area contributed by atoms with Crippen molar-refractivity contribution in [3.8, 4) is 11.5 Å². The lowest BCUT2D eigenvalue weighted by atomic mass is 9.96. The summed E-state index contributed by atoms with van der Waals surface area (Å²) in [6.07, 6.45) is 1.33. The molecule has 1 fully saturated rings. The smallest absolute Gasteiger partial charge is 0.227 e. The number of amides is 2. The van der Waals surface area contributed by atoms with Crippen LogP contribution in [0.4, 0.5) is 5.69 Å². The van der Waals surface area contributed by atoms with E-state index in [1.54, 1.807) is 24.0 Å². The van der Waals surface area contributed by atoms with Gasteiger partial charge in [-0.25, -0.2) is 0 Å². The van der Waals surface area contributed by atoms with E-state index < -0.39 is 0 Å². The molecule has 6 nitrogen and oxygen atoms in total. The number of ether oxygens (including phenoxy) is 1. The molecule has 1 heterocycles. The van der Waals surface area contributed by atoms with E-state index in [2.05, 4.69) is 5.32 Å². The summed E-state index contributed by atoms with van der Waals surface area (Å²) in [4.78, 5) is 25.2. The minimum absolute atomic E-state index is 0.0327. The van der Waals surface area contributed by atoms with Gasteiger partial charge in [-0.1, -0.05) is 0 Å². The van der Waals surface area contributed by atoms with Crippen LogP contribution in [0.3, 0.4) is 0 Å². The van der Waals surface area contributed by atoms with Gasteiger partial charge < -0.3 is 20.1 Å². The molecule has 0 spiro atoms. The van der Waals surface area contributed by atoms with Crippen LogP contribution in [-0.4, -0.2) is 42.0 Å². The highest BCUT2D eigenvalue weighted by Crippen LogP contribution is 2.29. The van der Waals surface area contributed by atoms with Gasteiger partial charge in [-0.2, -0.15) is 0 Å². The van der Waals surface area contributed by atoms with Gasteiger partial charge in [0.2, 0.25) is 11.8 Å². The molecule has 2 N–H and O–H groups in total. The van der Waals surface area contributed by atoms with E-state index in [-0.39, 0.29) is 23.5 Å². The van der Waals surface area contributed by atoms with Crippen molar-refractivity contribution in [1.29, 1.82) is 0 Å². The van der Waals surface area contributed by atoms with Crippen molar-refractivity contribution in [1.82, 2.24) is 4.90 Å². The highest BCUT2D eigenvalue weighted by atomic mass is 16.5. The van der Waals surface area contributed by atoms with Crippen molar-refractivity contribution < 1.29 is 19.4 Å². The lowest BCUT2D eigenvalue weighted by Crippen LogP contribution is -2.40. The molecule has 1 aromatic rings. The van der Waals surface area contributed by atoms with E-state index >= 15 is 0 Å². The van der Waals surface area contributed by atoms with Crippen molar-refractivity contribution in [3.05, 3.63) is 18.2 Å². The Kier molecular flexibility index (Phi) is 4.67. The zero-order valence-electron chi connectivity index (χ0n) is 12.3. The van der Waals surface area contributed by atoms with Crippen molar-refractivity contribution in [2.75, 3.05) is 25.5 Å². The number of anilines is 1. The fourth-order valence-electron chi connectivity index (χ4n) is 2.46. The summed E-state index contributed by atoms with van der Waals surface area (Å²) < 4.78 is 5.01. The fourth-order valence-corrected chi connectivity index (χ4v) is 2.46. The average molecular weight is 292 g/mol. The van der Waals surface area contributed by atoms with Gasteiger partial charge in [-0.15, -0.1) is 0 Å². The third-order valence-electron chi connectivity index (χ3n) is 3.76. The molecule has 0 radical (unpaired) electrons. The third kappa shape index (κ3) is 3.65. The summed E-state index contributed by atoms with van der Waals surface area (Å²) in [7, 11) is 1.46. The van der Waals surface area contributed by atoms with Gasteiger partial charge in [-0.05, 0) is 25.0 Å². The molecule has 114 valence electrons. The van der Waals surface area contributed by atoms with E-state index in [1.807, 2.05) is 0 Å². The first-order chi connectivity index (χ1) is 10.0. The van der Waals surface area contributed by atoms with Gasteiger partial charge in [0, 0.05) is 37.7 Å². The summed E-state index contributed by atoms with van der Waals surface area (Å²) in [6, 6.07) is 4.69. The first kappa shape index (κ1) is 15.2. The second kappa shape index (κ2) is 6.47. The number of hydrogen-bond acceptors (Lipinski definition) is 4. The Labute approximate surface area is 123 Å². The van der Waals surface area contributed by atoms with E-state index in [0.29, 0.717) is 37.4 Å². The largest absolute Gasteiger partial charge is 0.504 e. The SMILES string of the molecule is COc1cc(NC(=O)C2CCN(C(C)=O)CC2)ccc1O. The molecule has 0 aromatic heterocycles. The number of rotatable bonds is 3. The van der Waals surface area contributed by atoms with Gasteiger partial charge in [-0.3, -0.25) is 9.59 Å². The Morgan fingerprint density at radius 2 is 2.00 bits per heavy atom. The van der Waals surface area contributed by atoms with E-state index in [1.165, 1.54) is 13.2 Å². The molecule has 2 amide bonds. The van der Waals surface area contributed by atoms with Crippen LogP contribution in [0.2, 0.25) is 0 Å². The monoisotopic (exact) mass is 292 g/mol. The van der Waals surface area contributed by atoms with Crippen LogP contribution < -0.4 is 10.1 Å². The molecule has 0 atom stereocenters. The number of phenols is 1. The molecule has 0 unspecified atom stereocenters. The number of aromatic hydroxyl groups is 1. The predicted molar refractivity (Wildman–Crippen MR) is 78.3 cm³/mol. The van der Waals surface area contributed by atoms with E-state index in [0.717, 1.165) is 0 Å². The van der Waals surface area contributed by atoms with Crippen molar-refractivity contribution in [2.24, 2.45) is 5.92 Å². The number of carbonyl (C=O) groups is 2. The summed E-state index contributed by atoms with van der Waals surface area (Å²) in [5, 5.41) is 12.3. The van der Waals surface area contributed by atoms with Crippen molar-refractivity contribution >= 4 is 17.5 Å². The standard InChI is InChI=1S/C15H20N2O4/c1-10(18)17-7-5-11(6-8-17)15(20)16-12-3-4-13(19)14(9-12)21-2/h3-4,9,11,19H,5-8H2,1-2H3,(H,16,20). The number of methoxy groups -OCH3 is 1. The molecule has 0 aliphatic carbocycles. The normalized spacial score (nSPS) is 15.6. The molecular formula is C15H20N2O4. The Morgan fingerprint density at radius 1 is 1.33 bits per heavy atom. The number of benzene rings is 1. The molecule has 21 heavy (non-hydrogen) atoms. The molecule has 0 bridgehead atoms. The first-order valence-electron chi connectivity index (χ1n) is 6.94. The van der Waals surface area contributed by atoms with Crippen LogP contribution in [-0.2, 0) is 9.59 Å².